The Bertz CT molecular complexity index is 810. The fourth-order valence-corrected chi connectivity index (χ4v) is 2.27. The van der Waals surface area contributed by atoms with Crippen molar-refractivity contribution in [2.24, 2.45) is 5.10 Å². The molecule has 0 spiro atoms. The molecule has 0 saturated carbocycles. The van der Waals surface area contributed by atoms with Crippen molar-refractivity contribution in [3.63, 3.8) is 0 Å². The number of anilines is 1. The van der Waals surface area contributed by atoms with Crippen molar-refractivity contribution >= 4 is 22.8 Å². The Morgan fingerprint density at radius 3 is 2.67 bits per heavy atom. The van der Waals surface area contributed by atoms with Crippen LogP contribution in [0.2, 0.25) is 0 Å². The van der Waals surface area contributed by atoms with Gasteiger partial charge in [0, 0.05) is 22.7 Å². The van der Waals surface area contributed by atoms with Crippen molar-refractivity contribution in [3.05, 3.63) is 66.4 Å². The van der Waals surface area contributed by atoms with Crippen LogP contribution in [-0.4, -0.2) is 10.8 Å². The van der Waals surface area contributed by atoms with Crippen LogP contribution in [0.1, 0.15) is 5.56 Å². The Morgan fingerprint density at radius 1 is 1.10 bits per heavy atom. The average molecular weight is 274 g/mol. The molecule has 4 heteroatoms. The lowest BCUT2D eigenvalue weighted by atomic mass is 10.2. The maximum absolute atomic E-state index is 8.90. The zero-order chi connectivity index (χ0) is 14.5. The van der Waals surface area contributed by atoms with Gasteiger partial charge in [-0.2, -0.15) is 10.4 Å². The van der Waals surface area contributed by atoms with Gasteiger partial charge in [-0.05, 0) is 18.2 Å². The van der Waals surface area contributed by atoms with E-state index in [2.05, 4.69) is 16.6 Å². The van der Waals surface area contributed by atoms with E-state index in [-0.39, 0.29) is 0 Å². The van der Waals surface area contributed by atoms with Crippen LogP contribution >= 0.6 is 0 Å². The quantitative estimate of drug-likeness (QED) is 0.583. The normalized spacial score (nSPS) is 10.8. The number of aromatic nitrogens is 1. The standard InChI is InChI=1S/C17H14N4/c18-10-11-21-13-14(16-8-4-5-9-17(16)21)12-19-20-15-6-2-1-3-7-15/h1-9,12-13,20H,11H2/b19-12-. The van der Waals surface area contributed by atoms with Crippen LogP contribution in [0.4, 0.5) is 5.69 Å². The Balaban J connectivity index is 1.89. The van der Waals surface area contributed by atoms with E-state index >= 15 is 0 Å². The van der Waals surface area contributed by atoms with Crippen LogP contribution in [-0.2, 0) is 6.54 Å². The van der Waals surface area contributed by atoms with E-state index in [9.17, 15) is 0 Å². The molecule has 4 nitrogen and oxygen atoms in total. The lowest BCUT2D eigenvalue weighted by Crippen LogP contribution is -1.92. The fourth-order valence-electron chi connectivity index (χ4n) is 2.27. The predicted molar refractivity (Wildman–Crippen MR) is 85.2 cm³/mol. The molecule has 1 heterocycles. The molecular weight excluding hydrogens is 260 g/mol. The summed E-state index contributed by atoms with van der Waals surface area (Å²) in [4.78, 5) is 0. The lowest BCUT2D eigenvalue weighted by molar-refractivity contribution is 0.874. The average Bonchev–Trinajstić information content (AvgIpc) is 2.87. The highest BCUT2D eigenvalue weighted by Crippen LogP contribution is 2.19. The zero-order valence-corrected chi connectivity index (χ0v) is 11.4. The summed E-state index contributed by atoms with van der Waals surface area (Å²) in [6.07, 6.45) is 3.73. The van der Waals surface area contributed by atoms with Gasteiger partial charge in [-0.3, -0.25) is 5.43 Å². The van der Waals surface area contributed by atoms with Gasteiger partial charge in [0.15, 0.2) is 0 Å². The minimum absolute atomic E-state index is 0.334. The van der Waals surface area contributed by atoms with Crippen molar-refractivity contribution in [3.8, 4) is 6.07 Å². The molecule has 3 aromatic rings. The van der Waals surface area contributed by atoms with Gasteiger partial charge in [-0.15, -0.1) is 0 Å². The third kappa shape index (κ3) is 2.77. The minimum Gasteiger partial charge on any atom is -0.333 e. The van der Waals surface area contributed by atoms with Crippen molar-refractivity contribution in [2.75, 3.05) is 5.43 Å². The van der Waals surface area contributed by atoms with Crippen LogP contribution in [0.25, 0.3) is 10.9 Å². The summed E-state index contributed by atoms with van der Waals surface area (Å²) in [6.45, 7) is 0.334. The number of hydrogen-bond acceptors (Lipinski definition) is 3. The summed E-state index contributed by atoms with van der Waals surface area (Å²) >= 11 is 0. The highest BCUT2D eigenvalue weighted by molar-refractivity contribution is 5.99. The maximum Gasteiger partial charge on any atom is 0.110 e. The minimum atomic E-state index is 0.334. The number of hydrogen-bond donors (Lipinski definition) is 1. The first-order chi connectivity index (χ1) is 10.4. The van der Waals surface area contributed by atoms with Gasteiger partial charge in [-0.1, -0.05) is 36.4 Å². The monoisotopic (exact) mass is 274 g/mol. The van der Waals surface area contributed by atoms with Crippen molar-refractivity contribution < 1.29 is 0 Å². The largest absolute Gasteiger partial charge is 0.333 e. The van der Waals surface area contributed by atoms with Gasteiger partial charge >= 0.3 is 0 Å². The second kappa shape index (κ2) is 5.93. The Hall–Kier alpha value is -3.06. The van der Waals surface area contributed by atoms with Gasteiger partial charge in [0.1, 0.15) is 6.54 Å². The number of hydrazone groups is 1. The fraction of sp³-hybridized carbons (Fsp3) is 0.0588. The van der Waals surface area contributed by atoms with Gasteiger partial charge in [-0.25, -0.2) is 0 Å². The van der Waals surface area contributed by atoms with Gasteiger partial charge in [0.2, 0.25) is 0 Å². The van der Waals surface area contributed by atoms with E-state index in [0.717, 1.165) is 22.2 Å². The first-order valence-corrected chi connectivity index (χ1v) is 6.67. The molecule has 0 atom stereocenters. The van der Waals surface area contributed by atoms with Crippen LogP contribution in [0, 0.1) is 11.3 Å². The molecule has 0 amide bonds. The van der Waals surface area contributed by atoms with Crippen LogP contribution in [0.15, 0.2) is 65.9 Å². The molecule has 0 bridgehead atoms. The Morgan fingerprint density at radius 2 is 1.86 bits per heavy atom. The second-order valence-electron chi connectivity index (χ2n) is 4.62. The molecule has 0 unspecified atom stereocenters. The number of nitriles is 1. The molecular formula is C17H14N4. The molecule has 2 aromatic carbocycles. The number of para-hydroxylation sites is 2. The number of rotatable bonds is 4. The third-order valence-electron chi connectivity index (χ3n) is 3.23. The smallest absolute Gasteiger partial charge is 0.110 e. The maximum atomic E-state index is 8.90. The van der Waals surface area contributed by atoms with E-state index < -0.39 is 0 Å². The SMILES string of the molecule is N#CCn1cc(/C=N\Nc2ccccc2)c2ccccc21. The predicted octanol–water partition coefficient (Wildman–Crippen LogP) is 3.61. The van der Waals surface area contributed by atoms with E-state index in [0.29, 0.717) is 6.54 Å². The Kier molecular flexibility index (Phi) is 3.66. The summed E-state index contributed by atoms with van der Waals surface area (Å²) in [5, 5.41) is 14.2. The van der Waals surface area contributed by atoms with E-state index in [4.69, 9.17) is 5.26 Å². The highest BCUT2D eigenvalue weighted by Gasteiger charge is 2.05. The van der Waals surface area contributed by atoms with Crippen molar-refractivity contribution in [2.45, 2.75) is 6.54 Å². The lowest BCUT2D eigenvalue weighted by Gasteiger charge is -1.97. The molecule has 1 N–H and O–H groups in total. The second-order valence-corrected chi connectivity index (χ2v) is 4.62. The summed E-state index contributed by atoms with van der Waals surface area (Å²) in [5.74, 6) is 0. The van der Waals surface area contributed by atoms with Gasteiger partial charge < -0.3 is 4.57 Å². The molecule has 0 aliphatic carbocycles. The molecule has 1 aromatic heterocycles. The van der Waals surface area contributed by atoms with Crippen LogP contribution < -0.4 is 5.43 Å². The van der Waals surface area contributed by atoms with Crippen LogP contribution in [0.5, 0.6) is 0 Å². The molecule has 0 radical (unpaired) electrons. The van der Waals surface area contributed by atoms with E-state index in [1.165, 1.54) is 0 Å². The van der Waals surface area contributed by atoms with Gasteiger partial charge in [0.25, 0.3) is 0 Å². The molecule has 102 valence electrons. The van der Waals surface area contributed by atoms with Crippen LogP contribution in [0.3, 0.4) is 0 Å². The third-order valence-corrected chi connectivity index (χ3v) is 3.23. The molecule has 0 saturated heterocycles. The zero-order valence-electron chi connectivity index (χ0n) is 11.4. The first-order valence-electron chi connectivity index (χ1n) is 6.67. The summed E-state index contributed by atoms with van der Waals surface area (Å²) in [5.41, 5.74) is 5.97. The summed E-state index contributed by atoms with van der Waals surface area (Å²) in [6, 6.07) is 20.0. The Labute approximate surface area is 122 Å². The molecule has 0 aliphatic rings. The topological polar surface area (TPSA) is 53.1 Å². The first kappa shape index (κ1) is 12.9. The van der Waals surface area contributed by atoms with Crippen molar-refractivity contribution in [1.29, 1.82) is 5.26 Å². The van der Waals surface area contributed by atoms with E-state index in [1.807, 2.05) is 65.4 Å². The molecule has 0 aliphatic heterocycles. The number of nitrogens with one attached hydrogen (secondary N) is 1. The van der Waals surface area contributed by atoms with Crippen molar-refractivity contribution in [1.82, 2.24) is 4.57 Å². The summed E-state index contributed by atoms with van der Waals surface area (Å²) < 4.78 is 1.93. The number of nitrogens with zero attached hydrogens (tertiary/aromatic N) is 3. The number of fused-ring (bicyclic) bond motifs is 1. The summed E-state index contributed by atoms with van der Waals surface area (Å²) in [7, 11) is 0. The van der Waals surface area contributed by atoms with Gasteiger partial charge in [0.05, 0.1) is 18.0 Å². The molecule has 3 rings (SSSR count). The molecule has 21 heavy (non-hydrogen) atoms. The molecule has 0 fully saturated rings. The van der Waals surface area contributed by atoms with E-state index in [1.54, 1.807) is 6.21 Å². The highest BCUT2D eigenvalue weighted by atomic mass is 15.3. The number of benzene rings is 2.